The summed E-state index contributed by atoms with van der Waals surface area (Å²) in [7, 11) is 0. The smallest absolute Gasteiger partial charge is 0.214 e. The number of rotatable bonds is 3. The van der Waals surface area contributed by atoms with Crippen LogP contribution in [0.2, 0.25) is 0 Å². The minimum atomic E-state index is 0.372. The van der Waals surface area contributed by atoms with Crippen LogP contribution in [0.3, 0.4) is 0 Å². The summed E-state index contributed by atoms with van der Waals surface area (Å²) in [6.45, 7) is 2.36. The highest BCUT2D eigenvalue weighted by Gasteiger charge is 1.99. The van der Waals surface area contributed by atoms with E-state index in [1.54, 1.807) is 12.4 Å². The molecule has 4 heteroatoms. The van der Waals surface area contributed by atoms with Crippen molar-refractivity contribution in [2.45, 2.75) is 19.9 Å². The van der Waals surface area contributed by atoms with Gasteiger partial charge in [0, 0.05) is 6.42 Å². The molecule has 0 unspecified atom stereocenters. The molecule has 11 heavy (non-hydrogen) atoms. The third-order valence-corrected chi connectivity index (χ3v) is 1.27. The fraction of sp³-hybridized carbons (Fsp3) is 0.429. The van der Waals surface area contributed by atoms with Crippen LogP contribution in [-0.4, -0.2) is 4.98 Å². The Morgan fingerprint density at radius 2 is 2.64 bits per heavy atom. The number of nitrogens with zero attached hydrogens (tertiary/aromatic N) is 2. The molecule has 0 aliphatic heterocycles. The summed E-state index contributed by atoms with van der Waals surface area (Å²) < 4.78 is 5.21. The lowest BCUT2D eigenvalue weighted by atomic mass is 10.4. The van der Waals surface area contributed by atoms with Gasteiger partial charge in [-0.15, -0.1) is 0 Å². The van der Waals surface area contributed by atoms with Crippen LogP contribution < -0.4 is 5.32 Å². The second-order valence-corrected chi connectivity index (χ2v) is 2.04. The normalized spacial score (nSPS) is 9.09. The van der Waals surface area contributed by atoms with Crippen LogP contribution in [0.5, 0.6) is 0 Å². The number of hydrogen-bond donors (Lipinski definition) is 1. The van der Waals surface area contributed by atoms with Crippen molar-refractivity contribution in [3.63, 3.8) is 0 Å². The lowest BCUT2D eigenvalue weighted by molar-refractivity contribution is 0.452. The van der Waals surface area contributed by atoms with Crippen molar-refractivity contribution in [2.24, 2.45) is 0 Å². The summed E-state index contributed by atoms with van der Waals surface area (Å²) in [5, 5.41) is 10.6. The second kappa shape index (κ2) is 3.62. The number of nitrogens with one attached hydrogen (secondary N) is 1. The molecule has 1 aromatic rings. The molecule has 1 aromatic heterocycles. The predicted molar refractivity (Wildman–Crippen MR) is 38.3 cm³/mol. The SMILES string of the molecule is CCc1cnc(CNC#N)o1. The monoisotopic (exact) mass is 151 g/mol. The molecule has 0 fully saturated rings. The van der Waals surface area contributed by atoms with E-state index >= 15 is 0 Å². The molecule has 1 rings (SSSR count). The van der Waals surface area contributed by atoms with E-state index in [0.29, 0.717) is 12.4 Å². The van der Waals surface area contributed by atoms with Gasteiger partial charge in [-0.1, -0.05) is 6.92 Å². The van der Waals surface area contributed by atoms with Crippen molar-refractivity contribution in [2.75, 3.05) is 0 Å². The third-order valence-electron chi connectivity index (χ3n) is 1.27. The van der Waals surface area contributed by atoms with Gasteiger partial charge in [0.1, 0.15) is 12.3 Å². The van der Waals surface area contributed by atoms with E-state index in [-0.39, 0.29) is 0 Å². The summed E-state index contributed by atoms with van der Waals surface area (Å²) in [5.74, 6) is 1.41. The Morgan fingerprint density at radius 1 is 1.82 bits per heavy atom. The van der Waals surface area contributed by atoms with Crippen molar-refractivity contribution in [3.8, 4) is 6.19 Å². The quantitative estimate of drug-likeness (QED) is 0.513. The average Bonchev–Trinajstić information content (AvgIpc) is 2.48. The number of hydrogen-bond acceptors (Lipinski definition) is 4. The highest BCUT2D eigenvalue weighted by Crippen LogP contribution is 2.02. The molecule has 1 N–H and O–H groups in total. The van der Waals surface area contributed by atoms with Crippen LogP contribution in [0.1, 0.15) is 18.6 Å². The van der Waals surface area contributed by atoms with E-state index < -0.39 is 0 Å². The fourth-order valence-corrected chi connectivity index (χ4v) is 0.708. The maximum Gasteiger partial charge on any atom is 0.214 e. The zero-order valence-corrected chi connectivity index (χ0v) is 6.29. The maximum absolute atomic E-state index is 8.16. The van der Waals surface area contributed by atoms with E-state index in [0.717, 1.165) is 12.2 Å². The van der Waals surface area contributed by atoms with Crippen molar-refractivity contribution in [1.29, 1.82) is 5.26 Å². The Hall–Kier alpha value is -1.50. The zero-order valence-electron chi connectivity index (χ0n) is 6.29. The molecule has 4 nitrogen and oxygen atoms in total. The van der Waals surface area contributed by atoms with Gasteiger partial charge < -0.3 is 9.73 Å². The molecule has 0 atom stereocenters. The molecule has 0 aliphatic rings. The van der Waals surface area contributed by atoms with Gasteiger partial charge in [0.05, 0.1) is 6.20 Å². The number of nitriles is 1. The Labute approximate surface area is 64.8 Å². The first-order valence-corrected chi connectivity index (χ1v) is 3.42. The lowest BCUT2D eigenvalue weighted by Crippen LogP contribution is -2.04. The minimum absolute atomic E-state index is 0.372. The van der Waals surface area contributed by atoms with Gasteiger partial charge in [-0.05, 0) is 0 Å². The Morgan fingerprint density at radius 3 is 3.18 bits per heavy atom. The Balaban J connectivity index is 2.53. The largest absolute Gasteiger partial charge is 0.444 e. The highest BCUT2D eigenvalue weighted by molar-refractivity contribution is 4.93. The van der Waals surface area contributed by atoms with Crippen LogP contribution in [-0.2, 0) is 13.0 Å². The molecular weight excluding hydrogens is 142 g/mol. The van der Waals surface area contributed by atoms with Gasteiger partial charge in [-0.25, -0.2) is 4.98 Å². The predicted octanol–water partition coefficient (Wildman–Crippen LogP) is 0.808. The van der Waals surface area contributed by atoms with Crippen LogP contribution >= 0.6 is 0 Å². The van der Waals surface area contributed by atoms with E-state index in [4.69, 9.17) is 9.68 Å². The first kappa shape index (κ1) is 7.61. The Bertz CT molecular complexity index is 261. The summed E-state index contributed by atoms with van der Waals surface area (Å²) in [6.07, 6.45) is 4.30. The topological polar surface area (TPSA) is 61.9 Å². The molecule has 0 aromatic carbocycles. The van der Waals surface area contributed by atoms with Crippen molar-refractivity contribution in [1.82, 2.24) is 10.3 Å². The van der Waals surface area contributed by atoms with Crippen LogP contribution in [0.25, 0.3) is 0 Å². The maximum atomic E-state index is 8.16. The van der Waals surface area contributed by atoms with Crippen molar-refractivity contribution in [3.05, 3.63) is 17.8 Å². The Kier molecular flexibility index (Phi) is 2.50. The summed E-state index contributed by atoms with van der Waals surface area (Å²) in [6, 6.07) is 0. The number of aryl methyl sites for hydroxylation is 1. The summed E-state index contributed by atoms with van der Waals surface area (Å²) in [4.78, 5) is 3.94. The molecule has 0 spiro atoms. The number of oxazole rings is 1. The third kappa shape index (κ3) is 1.97. The minimum Gasteiger partial charge on any atom is -0.444 e. The molecule has 0 aliphatic carbocycles. The van der Waals surface area contributed by atoms with Crippen molar-refractivity contribution < 1.29 is 4.42 Å². The molecule has 0 bridgehead atoms. The van der Waals surface area contributed by atoms with Crippen LogP contribution in [0.15, 0.2) is 10.6 Å². The van der Waals surface area contributed by atoms with Gasteiger partial charge in [-0.3, -0.25) is 0 Å². The molecule has 0 amide bonds. The molecule has 0 saturated carbocycles. The van der Waals surface area contributed by atoms with E-state index in [1.807, 2.05) is 6.92 Å². The summed E-state index contributed by atoms with van der Waals surface area (Å²) in [5.41, 5.74) is 0. The van der Waals surface area contributed by atoms with Gasteiger partial charge in [0.2, 0.25) is 5.89 Å². The molecule has 58 valence electrons. The van der Waals surface area contributed by atoms with Gasteiger partial charge in [0.15, 0.2) is 6.19 Å². The molecule has 0 radical (unpaired) electrons. The number of aromatic nitrogens is 1. The van der Waals surface area contributed by atoms with E-state index in [9.17, 15) is 0 Å². The van der Waals surface area contributed by atoms with E-state index in [1.165, 1.54) is 0 Å². The highest BCUT2D eigenvalue weighted by atomic mass is 16.4. The molecular formula is C7H9N3O. The van der Waals surface area contributed by atoms with Crippen LogP contribution in [0, 0.1) is 11.5 Å². The van der Waals surface area contributed by atoms with Crippen LogP contribution in [0.4, 0.5) is 0 Å². The molecule has 0 saturated heterocycles. The van der Waals surface area contributed by atoms with Gasteiger partial charge in [-0.2, -0.15) is 5.26 Å². The fourth-order valence-electron chi connectivity index (χ4n) is 0.708. The average molecular weight is 151 g/mol. The zero-order chi connectivity index (χ0) is 8.10. The molecule has 1 heterocycles. The summed E-state index contributed by atoms with van der Waals surface area (Å²) >= 11 is 0. The second-order valence-electron chi connectivity index (χ2n) is 2.04. The van der Waals surface area contributed by atoms with Crippen molar-refractivity contribution >= 4 is 0 Å². The van der Waals surface area contributed by atoms with Gasteiger partial charge in [0.25, 0.3) is 0 Å². The van der Waals surface area contributed by atoms with Gasteiger partial charge >= 0.3 is 0 Å². The standard InChI is InChI=1S/C7H9N3O/c1-2-6-3-10-7(11-6)4-9-5-8/h3,9H,2,4H2,1H3. The first-order chi connectivity index (χ1) is 5.36. The lowest BCUT2D eigenvalue weighted by Gasteiger charge is -1.89. The first-order valence-electron chi connectivity index (χ1n) is 3.42. The van der Waals surface area contributed by atoms with E-state index in [2.05, 4.69) is 10.3 Å².